The van der Waals surface area contributed by atoms with Crippen LogP contribution in [0.5, 0.6) is 0 Å². The molecular formula is C9H15N3OS2. The molecule has 2 heterocycles. The number of hydrogen-bond donors (Lipinski definition) is 2. The molecule has 1 aromatic rings. The van der Waals surface area contributed by atoms with Gasteiger partial charge >= 0.3 is 0 Å². The van der Waals surface area contributed by atoms with Gasteiger partial charge in [0, 0.05) is 19.0 Å². The molecule has 0 radical (unpaired) electrons. The third-order valence-corrected chi connectivity index (χ3v) is 4.69. The molecule has 1 saturated heterocycles. The zero-order valence-electron chi connectivity index (χ0n) is 8.48. The van der Waals surface area contributed by atoms with Crippen LogP contribution >= 0.6 is 24.4 Å². The lowest BCUT2D eigenvalue weighted by Gasteiger charge is -2.35. The third kappa shape index (κ3) is 2.89. The topological polar surface area (TPSA) is 50.8 Å². The monoisotopic (exact) mass is 245 g/mol. The molecule has 84 valence electrons. The van der Waals surface area contributed by atoms with Gasteiger partial charge < -0.3 is 4.74 Å². The highest BCUT2D eigenvalue weighted by atomic mass is 32.2. The molecule has 0 aliphatic carbocycles. The second kappa shape index (κ2) is 5.23. The Bertz CT molecular complexity index is 286. The summed E-state index contributed by atoms with van der Waals surface area (Å²) in [4.78, 5) is 4.11. The van der Waals surface area contributed by atoms with E-state index in [0.29, 0.717) is 5.41 Å². The quantitative estimate of drug-likeness (QED) is 0.625. The molecular weight excluding hydrogens is 230 g/mol. The van der Waals surface area contributed by atoms with Crippen molar-refractivity contribution in [3.8, 4) is 0 Å². The highest BCUT2D eigenvalue weighted by Gasteiger charge is 2.31. The lowest BCUT2D eigenvalue weighted by atomic mass is 9.84. The molecule has 1 aromatic heterocycles. The third-order valence-electron chi connectivity index (χ3n) is 2.80. The van der Waals surface area contributed by atoms with Crippen LogP contribution in [0.1, 0.15) is 12.8 Å². The summed E-state index contributed by atoms with van der Waals surface area (Å²) < 4.78 is 5.38. The first-order valence-corrected chi connectivity index (χ1v) is 6.63. The molecule has 0 unspecified atom stereocenters. The minimum Gasteiger partial charge on any atom is -0.381 e. The number of aromatic nitrogens is 3. The second-order valence-corrected chi connectivity index (χ2v) is 5.13. The number of rotatable bonds is 4. The number of H-pyrrole nitrogens is 1. The molecule has 0 spiro atoms. The largest absolute Gasteiger partial charge is 0.381 e. The number of nitrogens with zero attached hydrogens (tertiary/aromatic N) is 2. The number of ether oxygens (including phenoxy) is 1. The molecule has 1 aliphatic rings. The van der Waals surface area contributed by atoms with E-state index in [9.17, 15) is 0 Å². The van der Waals surface area contributed by atoms with Crippen molar-refractivity contribution in [2.45, 2.75) is 18.0 Å². The summed E-state index contributed by atoms with van der Waals surface area (Å²) in [5.74, 6) is 1.95. The molecule has 2 rings (SSSR count). The van der Waals surface area contributed by atoms with Gasteiger partial charge in [-0.3, -0.25) is 5.10 Å². The van der Waals surface area contributed by atoms with Crippen LogP contribution in [0.25, 0.3) is 0 Å². The van der Waals surface area contributed by atoms with Crippen molar-refractivity contribution in [1.29, 1.82) is 0 Å². The van der Waals surface area contributed by atoms with Gasteiger partial charge in [0.05, 0.1) is 0 Å². The fraction of sp³-hybridized carbons (Fsp3) is 0.778. The van der Waals surface area contributed by atoms with Gasteiger partial charge in [-0.1, -0.05) is 11.8 Å². The SMILES string of the molecule is SCC1(CSc2ncn[nH]2)CCOCC1. The van der Waals surface area contributed by atoms with Crippen LogP contribution in [-0.2, 0) is 4.74 Å². The normalized spacial score (nSPS) is 20.3. The first-order chi connectivity index (χ1) is 7.35. The summed E-state index contributed by atoms with van der Waals surface area (Å²) >= 11 is 6.19. The molecule has 6 heteroatoms. The smallest absolute Gasteiger partial charge is 0.183 e. The van der Waals surface area contributed by atoms with E-state index in [1.165, 1.54) is 0 Å². The molecule has 1 aliphatic heterocycles. The number of thioether (sulfide) groups is 1. The minimum absolute atomic E-state index is 0.304. The minimum atomic E-state index is 0.304. The predicted molar refractivity (Wildman–Crippen MR) is 63.4 cm³/mol. The summed E-state index contributed by atoms with van der Waals surface area (Å²) in [5, 5.41) is 7.59. The number of aromatic amines is 1. The van der Waals surface area contributed by atoms with Crippen molar-refractivity contribution >= 4 is 24.4 Å². The summed E-state index contributed by atoms with van der Waals surface area (Å²) in [7, 11) is 0. The Morgan fingerprint density at radius 2 is 2.33 bits per heavy atom. The first kappa shape index (κ1) is 11.3. The van der Waals surface area contributed by atoms with Crippen molar-refractivity contribution in [2.24, 2.45) is 5.41 Å². The lowest BCUT2D eigenvalue weighted by molar-refractivity contribution is 0.0371. The summed E-state index contributed by atoms with van der Waals surface area (Å²) in [5.41, 5.74) is 0.304. The van der Waals surface area contributed by atoms with E-state index in [4.69, 9.17) is 4.74 Å². The predicted octanol–water partition coefficient (Wildman–Crippen LogP) is 1.62. The maximum absolute atomic E-state index is 5.38. The van der Waals surface area contributed by atoms with Crippen molar-refractivity contribution in [2.75, 3.05) is 24.7 Å². The number of nitrogens with one attached hydrogen (secondary N) is 1. The molecule has 1 fully saturated rings. The first-order valence-electron chi connectivity index (χ1n) is 5.01. The number of hydrogen-bond acceptors (Lipinski definition) is 5. The molecule has 15 heavy (non-hydrogen) atoms. The van der Waals surface area contributed by atoms with Crippen LogP contribution in [0.3, 0.4) is 0 Å². The van der Waals surface area contributed by atoms with Gasteiger partial charge in [0.15, 0.2) is 5.16 Å². The average molecular weight is 245 g/mol. The van der Waals surface area contributed by atoms with Crippen molar-refractivity contribution < 1.29 is 4.74 Å². The zero-order valence-corrected chi connectivity index (χ0v) is 10.2. The van der Waals surface area contributed by atoms with Crippen LogP contribution in [0, 0.1) is 5.41 Å². The van der Waals surface area contributed by atoms with Crippen LogP contribution < -0.4 is 0 Å². The van der Waals surface area contributed by atoms with E-state index in [0.717, 1.165) is 42.7 Å². The van der Waals surface area contributed by atoms with Crippen molar-refractivity contribution in [3.63, 3.8) is 0 Å². The molecule has 1 N–H and O–H groups in total. The van der Waals surface area contributed by atoms with Gasteiger partial charge in [0.2, 0.25) is 0 Å². The van der Waals surface area contributed by atoms with Crippen molar-refractivity contribution in [1.82, 2.24) is 15.2 Å². The fourth-order valence-corrected chi connectivity index (χ4v) is 3.29. The van der Waals surface area contributed by atoms with E-state index in [1.54, 1.807) is 18.1 Å². The molecule has 4 nitrogen and oxygen atoms in total. The zero-order chi connectivity index (χ0) is 10.6. The summed E-state index contributed by atoms with van der Waals surface area (Å²) in [6.45, 7) is 1.72. The van der Waals surface area contributed by atoms with Crippen LogP contribution in [0.15, 0.2) is 11.5 Å². The fourth-order valence-electron chi connectivity index (χ4n) is 1.64. The maximum atomic E-state index is 5.38. The van der Waals surface area contributed by atoms with Crippen LogP contribution in [0.2, 0.25) is 0 Å². The van der Waals surface area contributed by atoms with E-state index < -0.39 is 0 Å². The molecule has 0 bridgehead atoms. The molecule has 0 atom stereocenters. The molecule has 0 saturated carbocycles. The van der Waals surface area contributed by atoms with E-state index in [1.807, 2.05) is 0 Å². The van der Waals surface area contributed by atoms with Crippen LogP contribution in [0.4, 0.5) is 0 Å². The number of thiol groups is 1. The van der Waals surface area contributed by atoms with Crippen molar-refractivity contribution in [3.05, 3.63) is 6.33 Å². The highest BCUT2D eigenvalue weighted by molar-refractivity contribution is 7.99. The van der Waals surface area contributed by atoms with E-state index in [-0.39, 0.29) is 0 Å². The summed E-state index contributed by atoms with van der Waals surface area (Å²) in [6.07, 6.45) is 3.73. The molecule has 0 amide bonds. The highest BCUT2D eigenvalue weighted by Crippen LogP contribution is 2.36. The Morgan fingerprint density at radius 3 is 2.93 bits per heavy atom. The van der Waals surface area contributed by atoms with Gasteiger partial charge in [-0.05, 0) is 24.0 Å². The Labute approximate surface area is 99.0 Å². The lowest BCUT2D eigenvalue weighted by Crippen LogP contribution is -2.33. The average Bonchev–Trinajstić information content (AvgIpc) is 2.81. The summed E-state index contributed by atoms with van der Waals surface area (Å²) in [6, 6.07) is 0. The van der Waals surface area contributed by atoms with Crippen LogP contribution in [-0.4, -0.2) is 39.9 Å². The van der Waals surface area contributed by atoms with E-state index >= 15 is 0 Å². The van der Waals surface area contributed by atoms with Gasteiger partial charge in [-0.2, -0.15) is 17.7 Å². The van der Waals surface area contributed by atoms with Gasteiger partial charge in [0.1, 0.15) is 6.33 Å². The molecule has 0 aromatic carbocycles. The Hall–Kier alpha value is -0.200. The Balaban J connectivity index is 1.89. The Morgan fingerprint density at radius 1 is 1.53 bits per heavy atom. The maximum Gasteiger partial charge on any atom is 0.183 e. The van der Waals surface area contributed by atoms with Gasteiger partial charge in [-0.25, -0.2) is 4.98 Å². The van der Waals surface area contributed by atoms with Gasteiger partial charge in [0.25, 0.3) is 0 Å². The Kier molecular flexibility index (Phi) is 3.93. The standard InChI is InChI=1S/C9H15N3OS2/c14-5-9(1-3-13-4-2-9)6-15-8-10-7-11-12-8/h7,14H,1-6H2,(H,10,11,12). The second-order valence-electron chi connectivity index (χ2n) is 3.85. The van der Waals surface area contributed by atoms with E-state index in [2.05, 4.69) is 27.8 Å². The van der Waals surface area contributed by atoms with Gasteiger partial charge in [-0.15, -0.1) is 0 Å².